The van der Waals surface area contributed by atoms with Crippen LogP contribution in [0, 0.1) is 11.7 Å². The number of rotatable bonds is 2. The number of hydrogen-bond acceptors (Lipinski definition) is 3. The third-order valence-corrected chi connectivity index (χ3v) is 4.41. The zero-order valence-corrected chi connectivity index (χ0v) is 12.2. The fourth-order valence-electron chi connectivity index (χ4n) is 3.33. The van der Waals surface area contributed by atoms with Crippen molar-refractivity contribution in [2.24, 2.45) is 5.92 Å². The van der Waals surface area contributed by atoms with Crippen molar-refractivity contribution in [3.63, 3.8) is 0 Å². The minimum Gasteiger partial charge on any atom is -0.464 e. The Morgan fingerprint density at radius 2 is 1.86 bits per heavy atom. The summed E-state index contributed by atoms with van der Waals surface area (Å²) in [4.78, 5) is 0. The van der Waals surface area contributed by atoms with E-state index in [4.69, 9.17) is 9.47 Å². The lowest BCUT2D eigenvalue weighted by atomic mass is 9.84. The van der Waals surface area contributed by atoms with Crippen molar-refractivity contribution in [2.45, 2.75) is 25.2 Å². The van der Waals surface area contributed by atoms with Crippen LogP contribution in [0.15, 0.2) is 48.5 Å². The lowest BCUT2D eigenvalue weighted by Crippen LogP contribution is -2.43. The number of hydrogen-bond donors (Lipinski definition) is 1. The van der Waals surface area contributed by atoms with Gasteiger partial charge in [0.1, 0.15) is 11.6 Å². The lowest BCUT2D eigenvalue weighted by Gasteiger charge is -2.42. The maximum absolute atomic E-state index is 13.1. The average molecular weight is 299 g/mol. The van der Waals surface area contributed by atoms with Crippen molar-refractivity contribution in [3.8, 4) is 5.75 Å². The number of halogens is 1. The van der Waals surface area contributed by atoms with E-state index in [1.165, 1.54) is 12.1 Å². The molecule has 3 nitrogen and oxygen atoms in total. The van der Waals surface area contributed by atoms with Gasteiger partial charge in [-0.2, -0.15) is 0 Å². The van der Waals surface area contributed by atoms with Gasteiger partial charge in [-0.25, -0.2) is 4.39 Å². The van der Waals surface area contributed by atoms with Gasteiger partial charge >= 0.3 is 0 Å². The molecular formula is C18H18FNO2. The SMILES string of the molecule is Fc1ccc(N[C@H]2c3ccccc3O[C@@H]3OCCC[C@@H]32)cc1. The summed E-state index contributed by atoms with van der Waals surface area (Å²) in [7, 11) is 0. The quantitative estimate of drug-likeness (QED) is 0.904. The average Bonchev–Trinajstić information content (AvgIpc) is 2.56. The van der Waals surface area contributed by atoms with Gasteiger partial charge < -0.3 is 14.8 Å². The molecule has 114 valence electrons. The number of ether oxygens (including phenoxy) is 2. The van der Waals surface area contributed by atoms with Crippen LogP contribution in [-0.4, -0.2) is 12.9 Å². The summed E-state index contributed by atoms with van der Waals surface area (Å²) >= 11 is 0. The van der Waals surface area contributed by atoms with E-state index < -0.39 is 0 Å². The molecule has 2 aliphatic heterocycles. The molecule has 0 saturated carbocycles. The molecule has 4 heteroatoms. The molecule has 0 unspecified atom stereocenters. The molecule has 2 aromatic rings. The highest BCUT2D eigenvalue weighted by atomic mass is 19.1. The lowest BCUT2D eigenvalue weighted by molar-refractivity contribution is -0.154. The van der Waals surface area contributed by atoms with Gasteiger partial charge in [-0.3, -0.25) is 0 Å². The van der Waals surface area contributed by atoms with E-state index in [0.717, 1.165) is 36.4 Å². The fraction of sp³-hybridized carbons (Fsp3) is 0.333. The van der Waals surface area contributed by atoms with Crippen LogP contribution in [0.25, 0.3) is 0 Å². The Kier molecular flexibility index (Phi) is 3.47. The van der Waals surface area contributed by atoms with Gasteiger partial charge in [-0.15, -0.1) is 0 Å². The molecule has 0 radical (unpaired) electrons. The minimum absolute atomic E-state index is 0.112. The Morgan fingerprint density at radius 1 is 1.05 bits per heavy atom. The van der Waals surface area contributed by atoms with E-state index >= 15 is 0 Å². The normalized spacial score (nSPS) is 26.5. The van der Waals surface area contributed by atoms with Crippen LogP contribution in [0.2, 0.25) is 0 Å². The van der Waals surface area contributed by atoms with E-state index in [1.807, 2.05) is 18.2 Å². The van der Waals surface area contributed by atoms with Crippen molar-refractivity contribution in [2.75, 3.05) is 11.9 Å². The highest BCUT2D eigenvalue weighted by Crippen LogP contribution is 2.44. The zero-order valence-electron chi connectivity index (χ0n) is 12.2. The zero-order chi connectivity index (χ0) is 14.9. The molecule has 1 fully saturated rings. The van der Waals surface area contributed by atoms with Gasteiger partial charge in [0.25, 0.3) is 0 Å². The number of para-hydroxylation sites is 1. The summed E-state index contributed by atoms with van der Waals surface area (Å²) in [5, 5.41) is 3.54. The Bertz CT molecular complexity index is 658. The maximum atomic E-state index is 13.1. The van der Waals surface area contributed by atoms with Crippen molar-refractivity contribution in [3.05, 3.63) is 59.9 Å². The summed E-state index contributed by atoms with van der Waals surface area (Å²) in [6.45, 7) is 0.743. The smallest absolute Gasteiger partial charge is 0.204 e. The minimum atomic E-state index is -0.225. The predicted octanol–water partition coefficient (Wildman–Crippen LogP) is 4.12. The third kappa shape index (κ3) is 2.44. The highest BCUT2D eigenvalue weighted by Gasteiger charge is 2.40. The molecule has 3 atom stereocenters. The topological polar surface area (TPSA) is 30.5 Å². The molecule has 2 aliphatic rings. The van der Waals surface area contributed by atoms with Crippen molar-refractivity contribution >= 4 is 5.69 Å². The largest absolute Gasteiger partial charge is 0.464 e. The standard InChI is InChI=1S/C18H18FNO2/c19-12-7-9-13(10-8-12)20-17-14-4-1-2-6-16(14)22-18-15(17)5-3-11-21-18/h1-2,4,6-10,15,17-18,20H,3,5,11H2/t15-,17+,18+/m1/s1. The third-order valence-electron chi connectivity index (χ3n) is 4.41. The van der Waals surface area contributed by atoms with Crippen LogP contribution in [0.3, 0.4) is 0 Å². The molecule has 0 aromatic heterocycles. The number of benzene rings is 2. The highest BCUT2D eigenvalue weighted by molar-refractivity contribution is 5.49. The summed E-state index contributed by atoms with van der Waals surface area (Å²) in [5.41, 5.74) is 2.05. The van der Waals surface area contributed by atoms with Crippen LogP contribution < -0.4 is 10.1 Å². The van der Waals surface area contributed by atoms with E-state index in [0.29, 0.717) is 0 Å². The number of fused-ring (bicyclic) bond motifs is 2. The summed E-state index contributed by atoms with van der Waals surface area (Å²) in [5.74, 6) is 0.899. The van der Waals surface area contributed by atoms with Gasteiger partial charge in [0.05, 0.1) is 12.6 Å². The molecule has 4 rings (SSSR count). The Labute approximate surface area is 129 Å². The first kappa shape index (κ1) is 13.6. The molecule has 1 saturated heterocycles. The second-order valence-corrected chi connectivity index (χ2v) is 5.83. The second-order valence-electron chi connectivity index (χ2n) is 5.83. The summed E-state index contributed by atoms with van der Waals surface area (Å²) in [6, 6.07) is 14.6. The number of nitrogens with one attached hydrogen (secondary N) is 1. The molecule has 22 heavy (non-hydrogen) atoms. The van der Waals surface area contributed by atoms with Gasteiger partial charge in [0.2, 0.25) is 6.29 Å². The van der Waals surface area contributed by atoms with E-state index in [-0.39, 0.29) is 24.1 Å². The molecule has 0 spiro atoms. The van der Waals surface area contributed by atoms with Crippen LogP contribution in [-0.2, 0) is 4.74 Å². The van der Waals surface area contributed by atoms with Gasteiger partial charge in [0.15, 0.2) is 0 Å². The van der Waals surface area contributed by atoms with Crippen molar-refractivity contribution in [1.82, 2.24) is 0 Å². The Hall–Kier alpha value is -2.07. The molecule has 2 aromatic carbocycles. The maximum Gasteiger partial charge on any atom is 0.204 e. The summed E-state index contributed by atoms with van der Waals surface area (Å²) in [6.07, 6.45) is 1.88. The van der Waals surface area contributed by atoms with Crippen LogP contribution in [0.4, 0.5) is 10.1 Å². The first-order chi connectivity index (χ1) is 10.8. The van der Waals surface area contributed by atoms with Crippen molar-refractivity contribution in [1.29, 1.82) is 0 Å². The van der Waals surface area contributed by atoms with E-state index in [9.17, 15) is 4.39 Å². The monoisotopic (exact) mass is 299 g/mol. The van der Waals surface area contributed by atoms with Gasteiger partial charge in [-0.1, -0.05) is 18.2 Å². The van der Waals surface area contributed by atoms with E-state index in [2.05, 4.69) is 11.4 Å². The molecule has 1 N–H and O–H groups in total. The van der Waals surface area contributed by atoms with E-state index in [1.54, 1.807) is 12.1 Å². The molecular weight excluding hydrogens is 281 g/mol. The van der Waals surface area contributed by atoms with Gasteiger partial charge in [0, 0.05) is 17.2 Å². The molecule has 2 heterocycles. The van der Waals surface area contributed by atoms with Crippen LogP contribution in [0.5, 0.6) is 5.75 Å². The van der Waals surface area contributed by atoms with Crippen molar-refractivity contribution < 1.29 is 13.9 Å². The Balaban J connectivity index is 1.69. The molecule has 0 aliphatic carbocycles. The Morgan fingerprint density at radius 3 is 2.73 bits per heavy atom. The second kappa shape index (κ2) is 5.61. The van der Waals surface area contributed by atoms with Crippen LogP contribution >= 0.6 is 0 Å². The molecule has 0 bridgehead atoms. The first-order valence-corrected chi connectivity index (χ1v) is 7.70. The number of anilines is 1. The molecule has 0 amide bonds. The van der Waals surface area contributed by atoms with Gasteiger partial charge in [-0.05, 0) is 43.2 Å². The van der Waals surface area contributed by atoms with Crippen LogP contribution in [0.1, 0.15) is 24.4 Å². The predicted molar refractivity (Wildman–Crippen MR) is 82.3 cm³/mol. The summed E-state index contributed by atoms with van der Waals surface area (Å²) < 4.78 is 24.9. The fourth-order valence-corrected chi connectivity index (χ4v) is 3.33. The first-order valence-electron chi connectivity index (χ1n) is 7.70.